The minimum absolute atomic E-state index is 0.0213. The molecule has 0 saturated carbocycles. The third-order valence-corrected chi connectivity index (χ3v) is 4.47. The largest absolute Gasteiger partial charge is 0.333 e. The van der Waals surface area contributed by atoms with Crippen molar-refractivity contribution in [1.29, 1.82) is 0 Å². The van der Waals surface area contributed by atoms with Gasteiger partial charge in [-0.15, -0.1) is 11.8 Å². The lowest BCUT2D eigenvalue weighted by Crippen LogP contribution is -2.33. The first-order chi connectivity index (χ1) is 12.0. The summed E-state index contributed by atoms with van der Waals surface area (Å²) in [6.45, 7) is -0.0213. The number of hydrogen-bond donors (Lipinski definition) is 1. The molecule has 1 N–H and O–H groups in total. The van der Waals surface area contributed by atoms with E-state index < -0.39 is 0 Å². The van der Waals surface area contributed by atoms with Crippen LogP contribution in [0.1, 0.15) is 5.56 Å². The molecule has 25 heavy (non-hydrogen) atoms. The van der Waals surface area contributed by atoms with Crippen LogP contribution in [0.25, 0.3) is 6.08 Å². The van der Waals surface area contributed by atoms with Crippen LogP contribution >= 0.6 is 23.4 Å². The highest BCUT2D eigenvalue weighted by molar-refractivity contribution is 7.98. The van der Waals surface area contributed by atoms with E-state index in [0.717, 1.165) is 16.1 Å². The van der Waals surface area contributed by atoms with Crippen LogP contribution in [0.4, 0.5) is 5.69 Å². The predicted molar refractivity (Wildman–Crippen MR) is 105 cm³/mol. The number of halogens is 1. The highest BCUT2D eigenvalue weighted by atomic mass is 35.5. The number of nitrogens with one attached hydrogen (secondary N) is 1. The third kappa shape index (κ3) is 5.96. The second-order valence-electron chi connectivity index (χ2n) is 5.33. The molecular formula is C19H19ClN2O2S. The van der Waals surface area contributed by atoms with E-state index in [4.69, 9.17) is 11.6 Å². The number of carbonyl (C=O) groups excluding carboxylic acids is 2. The molecule has 0 aromatic heterocycles. The molecule has 130 valence electrons. The highest BCUT2D eigenvalue weighted by Gasteiger charge is 2.12. The summed E-state index contributed by atoms with van der Waals surface area (Å²) in [6.07, 6.45) is 5.07. The SMILES string of the molecule is CSc1ccccc1NC(=O)CN(C)C(=O)/C=C/c1ccc(Cl)cc1. The van der Waals surface area contributed by atoms with Gasteiger partial charge in [-0.3, -0.25) is 9.59 Å². The fourth-order valence-electron chi connectivity index (χ4n) is 2.10. The molecule has 0 radical (unpaired) electrons. The summed E-state index contributed by atoms with van der Waals surface area (Å²) in [5.74, 6) is -0.486. The highest BCUT2D eigenvalue weighted by Crippen LogP contribution is 2.24. The van der Waals surface area contributed by atoms with Crippen LogP contribution in [0.3, 0.4) is 0 Å². The Labute approximate surface area is 156 Å². The molecule has 2 aromatic rings. The predicted octanol–water partition coefficient (Wildman–Crippen LogP) is 4.17. The molecule has 0 atom stereocenters. The van der Waals surface area contributed by atoms with Crippen molar-refractivity contribution < 1.29 is 9.59 Å². The molecule has 2 aromatic carbocycles. The molecular weight excluding hydrogens is 356 g/mol. The summed E-state index contributed by atoms with van der Waals surface area (Å²) in [5, 5.41) is 3.48. The zero-order chi connectivity index (χ0) is 18.2. The molecule has 0 bridgehead atoms. The summed E-state index contributed by atoms with van der Waals surface area (Å²) in [7, 11) is 1.59. The van der Waals surface area contributed by atoms with E-state index in [1.54, 1.807) is 37.0 Å². The summed E-state index contributed by atoms with van der Waals surface area (Å²) in [6, 6.07) is 14.7. The summed E-state index contributed by atoms with van der Waals surface area (Å²) < 4.78 is 0. The van der Waals surface area contributed by atoms with Gasteiger partial charge in [0, 0.05) is 23.0 Å². The van der Waals surface area contributed by atoms with Gasteiger partial charge in [-0.2, -0.15) is 0 Å². The number of rotatable bonds is 6. The number of thioether (sulfide) groups is 1. The van der Waals surface area contributed by atoms with Gasteiger partial charge in [0.2, 0.25) is 11.8 Å². The van der Waals surface area contributed by atoms with Gasteiger partial charge in [0.05, 0.1) is 12.2 Å². The van der Waals surface area contributed by atoms with Crippen LogP contribution in [0.2, 0.25) is 5.02 Å². The van der Waals surface area contributed by atoms with Crippen molar-refractivity contribution >= 4 is 46.9 Å². The van der Waals surface area contributed by atoms with Gasteiger partial charge < -0.3 is 10.2 Å². The maximum absolute atomic E-state index is 12.2. The Kier molecular flexibility index (Phi) is 7.10. The molecule has 2 rings (SSSR count). The van der Waals surface area contributed by atoms with Crippen molar-refractivity contribution in [2.75, 3.05) is 25.2 Å². The monoisotopic (exact) mass is 374 g/mol. The van der Waals surface area contributed by atoms with E-state index in [1.807, 2.05) is 42.7 Å². The molecule has 0 heterocycles. The Morgan fingerprint density at radius 1 is 1.16 bits per heavy atom. The quantitative estimate of drug-likeness (QED) is 0.609. The number of para-hydroxylation sites is 1. The molecule has 0 unspecified atom stereocenters. The normalized spacial score (nSPS) is 10.7. The van der Waals surface area contributed by atoms with E-state index in [0.29, 0.717) is 5.02 Å². The molecule has 0 aliphatic heterocycles. The number of amides is 2. The molecule has 0 aliphatic rings. The topological polar surface area (TPSA) is 49.4 Å². The fourth-order valence-corrected chi connectivity index (χ4v) is 2.78. The first-order valence-corrected chi connectivity index (χ1v) is 9.21. The maximum Gasteiger partial charge on any atom is 0.246 e. The second kappa shape index (κ2) is 9.30. The summed E-state index contributed by atoms with van der Waals surface area (Å²) in [4.78, 5) is 26.6. The van der Waals surface area contributed by atoms with E-state index in [2.05, 4.69) is 5.32 Å². The first kappa shape index (κ1) is 19.1. The van der Waals surface area contributed by atoms with Crippen molar-refractivity contribution in [3.63, 3.8) is 0 Å². The molecule has 4 nitrogen and oxygen atoms in total. The van der Waals surface area contributed by atoms with Gasteiger partial charge in [-0.25, -0.2) is 0 Å². The van der Waals surface area contributed by atoms with Gasteiger partial charge >= 0.3 is 0 Å². The average molecular weight is 375 g/mol. The number of anilines is 1. The van der Waals surface area contributed by atoms with Crippen molar-refractivity contribution in [2.45, 2.75) is 4.90 Å². The number of carbonyl (C=O) groups is 2. The zero-order valence-corrected chi connectivity index (χ0v) is 15.6. The average Bonchev–Trinajstić information content (AvgIpc) is 2.61. The first-order valence-electron chi connectivity index (χ1n) is 7.61. The van der Waals surface area contributed by atoms with Crippen LogP contribution in [-0.2, 0) is 9.59 Å². The van der Waals surface area contributed by atoms with Crippen LogP contribution in [0.15, 0.2) is 59.5 Å². The lowest BCUT2D eigenvalue weighted by molar-refractivity contribution is -0.129. The van der Waals surface area contributed by atoms with E-state index in [1.165, 1.54) is 11.0 Å². The van der Waals surface area contributed by atoms with Crippen molar-refractivity contribution in [1.82, 2.24) is 4.90 Å². The molecule has 0 saturated heterocycles. The van der Waals surface area contributed by atoms with Crippen molar-refractivity contribution in [2.24, 2.45) is 0 Å². The third-order valence-electron chi connectivity index (χ3n) is 3.43. The van der Waals surface area contributed by atoms with Crippen LogP contribution < -0.4 is 5.32 Å². The summed E-state index contributed by atoms with van der Waals surface area (Å²) >= 11 is 7.38. The van der Waals surface area contributed by atoms with Gasteiger partial charge in [-0.1, -0.05) is 35.9 Å². The van der Waals surface area contributed by atoms with E-state index in [9.17, 15) is 9.59 Å². The number of benzene rings is 2. The molecule has 6 heteroatoms. The second-order valence-corrected chi connectivity index (χ2v) is 6.61. The number of likely N-dealkylation sites (N-methyl/N-ethyl adjacent to an activating group) is 1. The smallest absolute Gasteiger partial charge is 0.246 e. The van der Waals surface area contributed by atoms with Crippen molar-refractivity contribution in [3.8, 4) is 0 Å². The lowest BCUT2D eigenvalue weighted by Gasteiger charge is -2.15. The Morgan fingerprint density at radius 3 is 2.52 bits per heavy atom. The Morgan fingerprint density at radius 2 is 1.84 bits per heavy atom. The molecule has 0 spiro atoms. The van der Waals surface area contributed by atoms with Gasteiger partial charge in [0.1, 0.15) is 0 Å². The minimum Gasteiger partial charge on any atom is -0.333 e. The van der Waals surface area contributed by atoms with Crippen LogP contribution in [0, 0.1) is 0 Å². The van der Waals surface area contributed by atoms with Crippen molar-refractivity contribution in [3.05, 3.63) is 65.2 Å². The standard InChI is InChI=1S/C19H19ClN2O2S/c1-22(19(24)12-9-14-7-10-15(20)11-8-14)13-18(23)21-16-5-3-4-6-17(16)25-2/h3-12H,13H2,1-2H3,(H,21,23)/b12-9+. The zero-order valence-electron chi connectivity index (χ0n) is 14.0. The van der Waals surface area contributed by atoms with Crippen LogP contribution in [-0.4, -0.2) is 36.6 Å². The van der Waals surface area contributed by atoms with E-state index >= 15 is 0 Å². The van der Waals surface area contributed by atoms with Gasteiger partial charge in [0.15, 0.2) is 0 Å². The Hall–Kier alpha value is -2.24. The summed E-state index contributed by atoms with van der Waals surface area (Å²) in [5.41, 5.74) is 1.61. The Balaban J connectivity index is 1.91. The molecule has 2 amide bonds. The van der Waals surface area contributed by atoms with Crippen LogP contribution in [0.5, 0.6) is 0 Å². The maximum atomic E-state index is 12.2. The van der Waals surface area contributed by atoms with Gasteiger partial charge in [0.25, 0.3) is 0 Å². The number of hydrogen-bond acceptors (Lipinski definition) is 3. The Bertz CT molecular complexity index is 775. The minimum atomic E-state index is -0.247. The number of nitrogens with zero attached hydrogens (tertiary/aromatic N) is 1. The molecule has 0 fully saturated rings. The molecule has 0 aliphatic carbocycles. The lowest BCUT2D eigenvalue weighted by atomic mass is 10.2. The fraction of sp³-hybridized carbons (Fsp3) is 0.158. The van der Waals surface area contributed by atoms with Gasteiger partial charge in [-0.05, 0) is 42.2 Å². The van der Waals surface area contributed by atoms with E-state index in [-0.39, 0.29) is 18.4 Å².